The van der Waals surface area contributed by atoms with Gasteiger partial charge in [0.25, 0.3) is 0 Å². The van der Waals surface area contributed by atoms with Crippen molar-refractivity contribution in [2.45, 2.75) is 38.6 Å². The van der Waals surface area contributed by atoms with Crippen LogP contribution in [0.1, 0.15) is 33.1 Å². The van der Waals surface area contributed by atoms with Crippen molar-refractivity contribution in [3.05, 3.63) is 0 Å². The number of hydrogen-bond acceptors (Lipinski definition) is 2. The molecule has 1 rings (SSSR count). The van der Waals surface area contributed by atoms with Gasteiger partial charge < -0.3 is 10.5 Å². The standard InChI is InChI=1S/C9H18N2O/c1-3-8(10)11-9(2)4-6-12-7-5-9/h3-7H2,1-2H3,(H2,10,11). The van der Waals surface area contributed by atoms with Crippen molar-refractivity contribution >= 4 is 5.84 Å². The normalized spacial score (nSPS) is 24.0. The average Bonchev–Trinajstić information content (AvgIpc) is 2.05. The molecule has 0 spiro atoms. The lowest BCUT2D eigenvalue weighted by molar-refractivity contribution is 0.0601. The van der Waals surface area contributed by atoms with Crippen molar-refractivity contribution in [1.82, 2.24) is 0 Å². The Balaban J connectivity index is 2.57. The Morgan fingerprint density at radius 1 is 1.50 bits per heavy atom. The molecule has 0 aromatic carbocycles. The second-order valence-electron chi connectivity index (χ2n) is 3.57. The minimum absolute atomic E-state index is 0.0400. The summed E-state index contributed by atoms with van der Waals surface area (Å²) < 4.78 is 5.27. The van der Waals surface area contributed by atoms with Crippen LogP contribution in [-0.4, -0.2) is 24.6 Å². The maximum absolute atomic E-state index is 5.70. The lowest BCUT2D eigenvalue weighted by atomic mass is 9.93. The molecule has 0 aromatic rings. The summed E-state index contributed by atoms with van der Waals surface area (Å²) >= 11 is 0. The Labute approximate surface area is 74.0 Å². The summed E-state index contributed by atoms with van der Waals surface area (Å²) in [5.41, 5.74) is 5.74. The van der Waals surface area contributed by atoms with Crippen LogP contribution in [0.25, 0.3) is 0 Å². The maximum atomic E-state index is 5.70. The van der Waals surface area contributed by atoms with Crippen molar-refractivity contribution in [2.24, 2.45) is 10.7 Å². The van der Waals surface area contributed by atoms with Gasteiger partial charge in [-0.2, -0.15) is 0 Å². The van der Waals surface area contributed by atoms with E-state index in [-0.39, 0.29) is 5.54 Å². The van der Waals surface area contributed by atoms with Crippen molar-refractivity contribution in [3.8, 4) is 0 Å². The fraction of sp³-hybridized carbons (Fsp3) is 0.889. The molecule has 0 aliphatic carbocycles. The van der Waals surface area contributed by atoms with E-state index in [0.717, 1.165) is 38.3 Å². The van der Waals surface area contributed by atoms with Gasteiger partial charge in [0.15, 0.2) is 0 Å². The van der Waals surface area contributed by atoms with Crippen LogP contribution in [0, 0.1) is 0 Å². The van der Waals surface area contributed by atoms with Gasteiger partial charge in [-0.3, -0.25) is 4.99 Å². The minimum atomic E-state index is 0.0400. The predicted molar refractivity (Wildman–Crippen MR) is 50.4 cm³/mol. The molecule has 0 saturated carbocycles. The molecule has 1 aliphatic heterocycles. The summed E-state index contributed by atoms with van der Waals surface area (Å²) in [4.78, 5) is 4.50. The van der Waals surface area contributed by atoms with E-state index in [0.29, 0.717) is 0 Å². The summed E-state index contributed by atoms with van der Waals surface area (Å²) in [6.07, 6.45) is 2.83. The zero-order chi connectivity index (χ0) is 9.03. The van der Waals surface area contributed by atoms with E-state index in [1.54, 1.807) is 0 Å². The van der Waals surface area contributed by atoms with Gasteiger partial charge in [0.05, 0.1) is 11.4 Å². The van der Waals surface area contributed by atoms with Gasteiger partial charge >= 0.3 is 0 Å². The predicted octanol–water partition coefficient (Wildman–Crippen LogP) is 1.32. The van der Waals surface area contributed by atoms with Crippen LogP contribution < -0.4 is 5.73 Å². The number of amidine groups is 1. The molecule has 70 valence electrons. The van der Waals surface area contributed by atoms with E-state index >= 15 is 0 Å². The molecular weight excluding hydrogens is 152 g/mol. The molecule has 2 N–H and O–H groups in total. The molecule has 0 unspecified atom stereocenters. The molecule has 3 nitrogen and oxygen atoms in total. The first-order valence-electron chi connectivity index (χ1n) is 4.58. The highest BCUT2D eigenvalue weighted by Crippen LogP contribution is 2.24. The largest absolute Gasteiger partial charge is 0.387 e. The van der Waals surface area contributed by atoms with E-state index in [1.807, 2.05) is 6.92 Å². The summed E-state index contributed by atoms with van der Waals surface area (Å²) in [6.45, 7) is 5.81. The molecule has 1 saturated heterocycles. The van der Waals surface area contributed by atoms with Crippen LogP contribution in [0.15, 0.2) is 4.99 Å². The number of ether oxygens (including phenoxy) is 1. The quantitative estimate of drug-likeness (QED) is 0.502. The summed E-state index contributed by atoms with van der Waals surface area (Å²) in [5.74, 6) is 0.763. The van der Waals surface area contributed by atoms with Gasteiger partial charge in [-0.25, -0.2) is 0 Å². The fourth-order valence-electron chi connectivity index (χ4n) is 1.35. The topological polar surface area (TPSA) is 47.6 Å². The number of nitrogens with zero attached hydrogens (tertiary/aromatic N) is 1. The van der Waals surface area contributed by atoms with Crippen molar-refractivity contribution in [1.29, 1.82) is 0 Å². The molecule has 12 heavy (non-hydrogen) atoms. The molecular formula is C9H18N2O. The third kappa shape index (κ3) is 2.48. The summed E-state index contributed by atoms with van der Waals surface area (Å²) in [5, 5.41) is 0. The first-order valence-corrected chi connectivity index (χ1v) is 4.58. The van der Waals surface area contributed by atoms with Gasteiger partial charge in [0, 0.05) is 19.6 Å². The molecule has 0 radical (unpaired) electrons. The second-order valence-corrected chi connectivity index (χ2v) is 3.57. The molecule has 0 aromatic heterocycles. The van der Waals surface area contributed by atoms with Gasteiger partial charge in [-0.1, -0.05) is 6.92 Å². The summed E-state index contributed by atoms with van der Waals surface area (Å²) in [7, 11) is 0. The molecule has 0 amide bonds. The third-order valence-electron chi connectivity index (χ3n) is 2.35. The smallest absolute Gasteiger partial charge is 0.0941 e. The van der Waals surface area contributed by atoms with Gasteiger partial charge in [-0.15, -0.1) is 0 Å². The lowest BCUT2D eigenvalue weighted by Gasteiger charge is -2.29. The first kappa shape index (κ1) is 9.52. The molecule has 1 heterocycles. The highest BCUT2D eigenvalue weighted by Gasteiger charge is 2.26. The molecule has 0 atom stereocenters. The van der Waals surface area contributed by atoms with E-state index in [1.165, 1.54) is 0 Å². The van der Waals surface area contributed by atoms with Crippen molar-refractivity contribution in [2.75, 3.05) is 13.2 Å². The van der Waals surface area contributed by atoms with Crippen LogP contribution in [0.4, 0.5) is 0 Å². The van der Waals surface area contributed by atoms with Gasteiger partial charge in [0.2, 0.25) is 0 Å². The van der Waals surface area contributed by atoms with E-state index in [4.69, 9.17) is 10.5 Å². The van der Waals surface area contributed by atoms with Crippen molar-refractivity contribution < 1.29 is 4.74 Å². The molecule has 3 heteroatoms. The highest BCUT2D eigenvalue weighted by atomic mass is 16.5. The fourth-order valence-corrected chi connectivity index (χ4v) is 1.35. The van der Waals surface area contributed by atoms with E-state index in [2.05, 4.69) is 11.9 Å². The second kappa shape index (κ2) is 3.90. The Morgan fingerprint density at radius 2 is 2.08 bits per heavy atom. The average molecular weight is 170 g/mol. The van der Waals surface area contributed by atoms with Crippen LogP contribution in [0.2, 0.25) is 0 Å². The van der Waals surface area contributed by atoms with Gasteiger partial charge in [0.1, 0.15) is 0 Å². The van der Waals surface area contributed by atoms with E-state index in [9.17, 15) is 0 Å². The third-order valence-corrected chi connectivity index (χ3v) is 2.35. The summed E-state index contributed by atoms with van der Waals surface area (Å²) in [6, 6.07) is 0. The highest BCUT2D eigenvalue weighted by molar-refractivity contribution is 5.80. The number of aliphatic imine (C=N–C) groups is 1. The molecule has 0 bridgehead atoms. The SMILES string of the molecule is CCC(N)=NC1(C)CCOCC1. The van der Waals surface area contributed by atoms with Crippen LogP contribution in [0.3, 0.4) is 0 Å². The van der Waals surface area contributed by atoms with Crippen LogP contribution in [0.5, 0.6) is 0 Å². The van der Waals surface area contributed by atoms with Crippen LogP contribution in [-0.2, 0) is 4.74 Å². The Hall–Kier alpha value is -0.570. The number of nitrogens with two attached hydrogens (primary N) is 1. The molecule has 1 aliphatic rings. The Bertz CT molecular complexity index is 171. The number of hydrogen-bond donors (Lipinski definition) is 1. The Morgan fingerprint density at radius 3 is 2.58 bits per heavy atom. The minimum Gasteiger partial charge on any atom is -0.387 e. The lowest BCUT2D eigenvalue weighted by Crippen LogP contribution is -2.33. The zero-order valence-corrected chi connectivity index (χ0v) is 7.97. The first-order chi connectivity index (χ1) is 5.66. The number of rotatable bonds is 2. The molecule has 1 fully saturated rings. The monoisotopic (exact) mass is 170 g/mol. The zero-order valence-electron chi connectivity index (χ0n) is 7.97. The van der Waals surface area contributed by atoms with E-state index < -0.39 is 0 Å². The van der Waals surface area contributed by atoms with Crippen molar-refractivity contribution in [3.63, 3.8) is 0 Å². The van der Waals surface area contributed by atoms with Crippen LogP contribution >= 0.6 is 0 Å². The van der Waals surface area contributed by atoms with Gasteiger partial charge in [-0.05, 0) is 19.8 Å². The Kier molecular flexibility index (Phi) is 3.09. The maximum Gasteiger partial charge on any atom is 0.0941 e.